The topological polar surface area (TPSA) is 93.7 Å². The minimum Gasteiger partial charge on any atom is -0.390 e. The predicted molar refractivity (Wildman–Crippen MR) is 108 cm³/mol. The molecule has 4 atom stereocenters. The molecule has 4 rings (SSSR count). The van der Waals surface area contributed by atoms with Crippen molar-refractivity contribution in [2.75, 3.05) is 5.73 Å². The minimum atomic E-state index is -2.07. The van der Waals surface area contributed by atoms with Crippen LogP contribution in [0.25, 0.3) is 11.0 Å². The Morgan fingerprint density at radius 3 is 2.54 bits per heavy atom. The summed E-state index contributed by atoms with van der Waals surface area (Å²) in [5.74, 6) is -0.264. The third kappa shape index (κ3) is 3.15. The lowest BCUT2D eigenvalue weighted by atomic mass is 10.2. The summed E-state index contributed by atoms with van der Waals surface area (Å²) in [7, 11) is -2.07. The maximum absolute atomic E-state index is 6.58. The molecular formula is C19H30N4O4Si. The number of ether oxygens (including phenoxy) is 3. The van der Waals surface area contributed by atoms with Crippen LogP contribution in [0.3, 0.4) is 0 Å². The van der Waals surface area contributed by atoms with Gasteiger partial charge in [0.05, 0.1) is 5.39 Å². The molecule has 2 aromatic heterocycles. The Bertz CT molecular complexity index is 892. The van der Waals surface area contributed by atoms with Crippen LogP contribution in [-0.2, 0) is 18.6 Å². The van der Waals surface area contributed by atoms with Crippen molar-refractivity contribution >= 4 is 25.2 Å². The van der Waals surface area contributed by atoms with Crippen molar-refractivity contribution in [2.24, 2.45) is 0 Å². The van der Waals surface area contributed by atoms with Crippen molar-refractivity contribution < 1.29 is 18.6 Å². The highest BCUT2D eigenvalue weighted by Gasteiger charge is 2.58. The molecule has 2 aliphatic rings. The van der Waals surface area contributed by atoms with E-state index in [1.807, 2.05) is 30.7 Å². The van der Waals surface area contributed by atoms with Gasteiger partial charge < -0.3 is 28.9 Å². The molecular weight excluding hydrogens is 376 g/mol. The molecule has 2 fully saturated rings. The largest absolute Gasteiger partial charge is 0.390 e. The normalized spacial score (nSPS) is 30.1. The highest BCUT2D eigenvalue weighted by Crippen LogP contribution is 2.47. The number of nitrogen functional groups attached to an aromatic ring is 1. The SMILES string of the molecule is CC1(C)O[C@@H]2[C@@H](O[Si](C)(C)C(C)(C)C)O[C@@H](n3ccc4c(N)ncnc43)[C@@H]2O1. The fourth-order valence-electron chi connectivity index (χ4n) is 3.52. The summed E-state index contributed by atoms with van der Waals surface area (Å²) in [6, 6.07) is 1.89. The maximum Gasteiger partial charge on any atom is 0.195 e. The van der Waals surface area contributed by atoms with Gasteiger partial charge in [-0.3, -0.25) is 0 Å². The second kappa shape index (κ2) is 6.24. The van der Waals surface area contributed by atoms with E-state index < -0.39 is 26.6 Å². The van der Waals surface area contributed by atoms with Crippen molar-refractivity contribution in [3.8, 4) is 0 Å². The Labute approximate surface area is 166 Å². The van der Waals surface area contributed by atoms with E-state index in [-0.39, 0.29) is 17.2 Å². The number of fused-ring (bicyclic) bond motifs is 2. The van der Waals surface area contributed by atoms with Crippen molar-refractivity contribution in [1.82, 2.24) is 14.5 Å². The lowest BCUT2D eigenvalue weighted by Gasteiger charge is -2.39. The van der Waals surface area contributed by atoms with Gasteiger partial charge in [-0.2, -0.15) is 0 Å². The number of nitrogens with two attached hydrogens (primary N) is 1. The van der Waals surface area contributed by atoms with Gasteiger partial charge in [-0.15, -0.1) is 0 Å². The summed E-state index contributed by atoms with van der Waals surface area (Å²) in [6.45, 7) is 14.9. The average molecular weight is 407 g/mol. The summed E-state index contributed by atoms with van der Waals surface area (Å²) in [4.78, 5) is 8.46. The first-order valence-corrected chi connectivity index (χ1v) is 12.6. The summed E-state index contributed by atoms with van der Waals surface area (Å²) >= 11 is 0. The Morgan fingerprint density at radius 2 is 1.86 bits per heavy atom. The molecule has 2 N–H and O–H groups in total. The molecule has 2 saturated heterocycles. The van der Waals surface area contributed by atoms with Gasteiger partial charge in [0.1, 0.15) is 30.0 Å². The molecule has 8 nitrogen and oxygen atoms in total. The highest BCUT2D eigenvalue weighted by molar-refractivity contribution is 6.74. The molecule has 9 heteroatoms. The van der Waals surface area contributed by atoms with E-state index in [0.29, 0.717) is 11.5 Å². The van der Waals surface area contributed by atoms with Gasteiger partial charge >= 0.3 is 0 Å². The zero-order valence-electron chi connectivity index (χ0n) is 17.6. The third-order valence-corrected chi connectivity index (χ3v) is 10.5. The van der Waals surface area contributed by atoms with E-state index in [1.165, 1.54) is 6.33 Å². The predicted octanol–water partition coefficient (Wildman–Crippen LogP) is 3.41. The zero-order chi connectivity index (χ0) is 20.5. The Kier molecular flexibility index (Phi) is 4.40. The summed E-state index contributed by atoms with van der Waals surface area (Å²) in [6.07, 6.45) is 1.81. The lowest BCUT2D eigenvalue weighted by Crippen LogP contribution is -2.47. The van der Waals surface area contributed by atoms with Gasteiger partial charge in [0.15, 0.2) is 26.6 Å². The second-order valence-corrected chi connectivity index (χ2v) is 14.3. The molecule has 2 aromatic rings. The number of nitrogens with zero attached hydrogens (tertiary/aromatic N) is 3. The smallest absolute Gasteiger partial charge is 0.195 e. The van der Waals surface area contributed by atoms with E-state index in [1.54, 1.807) is 0 Å². The van der Waals surface area contributed by atoms with E-state index in [9.17, 15) is 0 Å². The molecule has 0 radical (unpaired) electrons. The van der Waals surface area contributed by atoms with E-state index in [4.69, 9.17) is 24.4 Å². The Morgan fingerprint density at radius 1 is 1.18 bits per heavy atom. The first-order valence-electron chi connectivity index (χ1n) is 9.66. The van der Waals surface area contributed by atoms with Crippen LogP contribution in [0.15, 0.2) is 18.6 Å². The molecule has 0 unspecified atom stereocenters. The van der Waals surface area contributed by atoms with Crippen LogP contribution < -0.4 is 5.73 Å². The van der Waals surface area contributed by atoms with Crippen molar-refractivity contribution in [3.63, 3.8) is 0 Å². The average Bonchev–Trinajstić information content (AvgIpc) is 3.19. The number of hydrogen-bond acceptors (Lipinski definition) is 7. The van der Waals surface area contributed by atoms with E-state index in [0.717, 1.165) is 5.39 Å². The van der Waals surface area contributed by atoms with Crippen molar-refractivity contribution in [2.45, 2.75) is 83.3 Å². The zero-order valence-corrected chi connectivity index (χ0v) is 18.6. The van der Waals surface area contributed by atoms with Crippen LogP contribution in [0, 0.1) is 0 Å². The van der Waals surface area contributed by atoms with Crippen LogP contribution in [-0.4, -0.2) is 47.1 Å². The fraction of sp³-hybridized carbons (Fsp3) is 0.684. The first-order chi connectivity index (χ1) is 12.9. The van der Waals surface area contributed by atoms with Gasteiger partial charge in [0, 0.05) is 6.20 Å². The van der Waals surface area contributed by atoms with Gasteiger partial charge in [-0.05, 0) is 38.0 Å². The van der Waals surface area contributed by atoms with E-state index >= 15 is 0 Å². The number of rotatable bonds is 3. The molecule has 0 aliphatic carbocycles. The number of anilines is 1. The molecule has 0 saturated carbocycles. The molecule has 154 valence electrons. The minimum absolute atomic E-state index is 0.0563. The van der Waals surface area contributed by atoms with Crippen LogP contribution in [0.5, 0.6) is 0 Å². The van der Waals surface area contributed by atoms with E-state index in [2.05, 4.69) is 43.8 Å². The molecule has 2 aliphatic heterocycles. The molecule has 0 amide bonds. The van der Waals surface area contributed by atoms with Crippen molar-refractivity contribution in [1.29, 1.82) is 0 Å². The number of hydrogen-bond donors (Lipinski definition) is 1. The van der Waals surface area contributed by atoms with Crippen molar-refractivity contribution in [3.05, 3.63) is 18.6 Å². The molecule has 4 heterocycles. The monoisotopic (exact) mass is 406 g/mol. The molecule has 28 heavy (non-hydrogen) atoms. The summed E-state index contributed by atoms with van der Waals surface area (Å²) < 4.78 is 27.3. The third-order valence-electron chi connectivity index (χ3n) is 6.02. The fourth-order valence-corrected chi connectivity index (χ4v) is 4.65. The van der Waals surface area contributed by atoms with Gasteiger partial charge in [0.25, 0.3) is 0 Å². The Hall–Kier alpha value is -1.52. The van der Waals surface area contributed by atoms with Crippen LogP contribution >= 0.6 is 0 Å². The van der Waals surface area contributed by atoms with Gasteiger partial charge in [0.2, 0.25) is 0 Å². The second-order valence-electron chi connectivity index (χ2n) is 9.56. The summed E-state index contributed by atoms with van der Waals surface area (Å²) in [5, 5.41) is 0.843. The number of aromatic nitrogens is 3. The van der Waals surface area contributed by atoms with Gasteiger partial charge in [-0.25, -0.2) is 9.97 Å². The standard InChI is InChI=1S/C19H30N4O4Si/c1-18(2,3)28(6,7)27-17-13-12(25-19(4,5)26-13)16(24-17)23-9-8-11-14(20)21-10-22-15(11)23/h8-10,12-13,16-17H,1-7H3,(H2,20,21,22)/t12-,13+,16-,17-/m1/s1. The highest BCUT2D eigenvalue weighted by atomic mass is 28.4. The molecule has 0 aromatic carbocycles. The van der Waals surface area contributed by atoms with Crippen LogP contribution in [0.1, 0.15) is 40.8 Å². The summed E-state index contributed by atoms with van der Waals surface area (Å²) in [5.41, 5.74) is 6.70. The lowest BCUT2D eigenvalue weighted by molar-refractivity contribution is -0.226. The van der Waals surface area contributed by atoms with Crippen LogP contribution in [0.4, 0.5) is 5.82 Å². The molecule has 0 bridgehead atoms. The van der Waals surface area contributed by atoms with Gasteiger partial charge in [-0.1, -0.05) is 20.8 Å². The first kappa shape index (κ1) is 19.8. The van der Waals surface area contributed by atoms with Crippen LogP contribution in [0.2, 0.25) is 18.1 Å². The maximum atomic E-state index is 6.58. The Balaban J connectivity index is 1.70. The molecule has 0 spiro atoms. The quantitative estimate of drug-likeness (QED) is 0.781.